The predicted octanol–water partition coefficient (Wildman–Crippen LogP) is 5.11. The van der Waals surface area contributed by atoms with Crippen molar-refractivity contribution in [3.05, 3.63) is 92.4 Å². The smallest absolute Gasteiger partial charge is 0.262 e. The van der Waals surface area contributed by atoms with Crippen LogP contribution in [-0.2, 0) is 16.0 Å². The third-order valence-corrected chi connectivity index (χ3v) is 5.87. The van der Waals surface area contributed by atoms with Gasteiger partial charge in [0, 0.05) is 21.5 Å². The molecule has 182 valence electrons. The van der Waals surface area contributed by atoms with E-state index in [1.54, 1.807) is 31.2 Å². The first-order chi connectivity index (χ1) is 16.7. The van der Waals surface area contributed by atoms with Gasteiger partial charge < -0.3 is 15.2 Å². The normalized spacial score (nSPS) is 12.7. The van der Waals surface area contributed by atoms with Gasteiger partial charge in [0.25, 0.3) is 11.8 Å². The number of phenolic OH excluding ortho intramolecular Hbond substituents is 1. The lowest BCUT2D eigenvalue weighted by molar-refractivity contribution is -0.132. The van der Waals surface area contributed by atoms with E-state index in [-0.39, 0.29) is 17.2 Å². The van der Waals surface area contributed by atoms with Crippen molar-refractivity contribution in [1.82, 2.24) is 10.7 Å². The molecule has 3 N–H and O–H groups in total. The summed E-state index contributed by atoms with van der Waals surface area (Å²) in [5.74, 6) is -0.751. The van der Waals surface area contributed by atoms with Gasteiger partial charge in [-0.2, -0.15) is 5.10 Å². The number of carbonyl (C=O) groups excluding carboxylic acids is 2. The molecule has 0 spiro atoms. The van der Waals surface area contributed by atoms with Gasteiger partial charge in [-0.3, -0.25) is 9.59 Å². The van der Waals surface area contributed by atoms with Crippen LogP contribution in [0.2, 0.25) is 10.0 Å². The fourth-order valence-electron chi connectivity index (χ4n) is 3.04. The fraction of sp³-hybridized carbons (Fsp3) is 0.160. The Balaban J connectivity index is 1.70. The lowest BCUT2D eigenvalue weighted by Gasteiger charge is -2.21. The average molecular weight is 579 g/mol. The minimum atomic E-state index is -0.943. The maximum Gasteiger partial charge on any atom is 0.262 e. The van der Waals surface area contributed by atoms with Crippen LogP contribution in [0.15, 0.2) is 76.3 Å². The quantitative estimate of drug-likeness (QED) is 0.243. The zero-order chi connectivity index (χ0) is 25.4. The maximum absolute atomic E-state index is 12.9. The summed E-state index contributed by atoms with van der Waals surface area (Å²) in [7, 11) is 0. The first-order valence-corrected chi connectivity index (χ1v) is 12.0. The monoisotopic (exact) mass is 577 g/mol. The van der Waals surface area contributed by atoms with Crippen LogP contribution in [0.1, 0.15) is 18.1 Å². The average Bonchev–Trinajstić information content (AvgIpc) is 2.83. The maximum atomic E-state index is 12.9. The van der Waals surface area contributed by atoms with Gasteiger partial charge in [-0.1, -0.05) is 69.5 Å². The van der Waals surface area contributed by atoms with E-state index in [9.17, 15) is 14.7 Å². The molecule has 0 unspecified atom stereocenters. The third-order valence-electron chi connectivity index (χ3n) is 4.85. The van der Waals surface area contributed by atoms with Gasteiger partial charge in [0.05, 0.1) is 11.2 Å². The second-order valence-electron chi connectivity index (χ2n) is 7.52. The number of ether oxygens (including phenoxy) is 1. The number of halogens is 3. The van der Waals surface area contributed by atoms with Gasteiger partial charge in [-0.15, -0.1) is 0 Å². The van der Waals surface area contributed by atoms with Crippen LogP contribution in [-0.4, -0.2) is 35.3 Å². The molecule has 2 amide bonds. The van der Waals surface area contributed by atoms with E-state index in [1.165, 1.54) is 18.3 Å². The number of hydrogen-bond donors (Lipinski definition) is 3. The zero-order valence-electron chi connectivity index (χ0n) is 18.5. The summed E-state index contributed by atoms with van der Waals surface area (Å²) in [4.78, 5) is 25.8. The molecule has 0 aromatic heterocycles. The number of carbonyl (C=O) groups is 2. The second kappa shape index (κ2) is 12.6. The Morgan fingerprint density at radius 2 is 1.83 bits per heavy atom. The Kier molecular flexibility index (Phi) is 9.54. The van der Waals surface area contributed by atoms with E-state index in [4.69, 9.17) is 27.9 Å². The molecule has 3 aromatic carbocycles. The molecule has 0 aliphatic rings. The molecule has 2 atom stereocenters. The van der Waals surface area contributed by atoms with Gasteiger partial charge in [0.2, 0.25) is 0 Å². The Labute approximate surface area is 221 Å². The van der Waals surface area contributed by atoms with Crippen LogP contribution in [0.4, 0.5) is 0 Å². The lowest BCUT2D eigenvalue weighted by Crippen LogP contribution is -2.50. The van der Waals surface area contributed by atoms with Crippen molar-refractivity contribution < 1.29 is 19.4 Å². The van der Waals surface area contributed by atoms with Crippen molar-refractivity contribution in [2.45, 2.75) is 25.5 Å². The topological polar surface area (TPSA) is 100 Å². The number of phenols is 1. The largest absolute Gasteiger partial charge is 0.507 e. The number of hydrogen-bond acceptors (Lipinski definition) is 5. The SMILES string of the molecule is C[C@H](Oc1ccc(Cl)cc1Cl)C(=O)N[C@H](Cc1ccccc1)C(=O)N/N=C\c1cc(Br)ccc1O. The van der Waals surface area contributed by atoms with Crippen LogP contribution in [0, 0.1) is 0 Å². The highest BCUT2D eigenvalue weighted by molar-refractivity contribution is 9.10. The molecule has 0 saturated carbocycles. The highest BCUT2D eigenvalue weighted by Gasteiger charge is 2.25. The van der Waals surface area contributed by atoms with Crippen molar-refractivity contribution in [2.24, 2.45) is 5.10 Å². The molecule has 0 aliphatic carbocycles. The number of rotatable bonds is 9. The van der Waals surface area contributed by atoms with Crippen molar-refractivity contribution >= 4 is 57.2 Å². The van der Waals surface area contributed by atoms with Crippen molar-refractivity contribution in [2.75, 3.05) is 0 Å². The Bertz CT molecular complexity index is 1220. The van der Waals surface area contributed by atoms with Crippen molar-refractivity contribution in [3.63, 3.8) is 0 Å². The summed E-state index contributed by atoms with van der Waals surface area (Å²) >= 11 is 15.3. The summed E-state index contributed by atoms with van der Waals surface area (Å²) < 4.78 is 6.40. The summed E-state index contributed by atoms with van der Waals surface area (Å²) in [5.41, 5.74) is 3.67. The number of hydrazone groups is 1. The van der Waals surface area contributed by atoms with E-state index in [1.807, 2.05) is 30.3 Å². The van der Waals surface area contributed by atoms with Crippen LogP contribution in [0.25, 0.3) is 0 Å². The Morgan fingerprint density at radius 1 is 1.09 bits per heavy atom. The summed E-state index contributed by atoms with van der Waals surface area (Å²) in [6.07, 6.45) is 0.597. The van der Waals surface area contributed by atoms with E-state index in [2.05, 4.69) is 31.8 Å². The molecule has 0 bridgehead atoms. The number of benzene rings is 3. The van der Waals surface area contributed by atoms with E-state index in [0.29, 0.717) is 16.3 Å². The molecule has 3 rings (SSSR count). The van der Waals surface area contributed by atoms with Gasteiger partial charge in [0.1, 0.15) is 17.5 Å². The molecule has 10 heteroatoms. The van der Waals surface area contributed by atoms with E-state index < -0.39 is 24.0 Å². The van der Waals surface area contributed by atoms with E-state index in [0.717, 1.165) is 10.0 Å². The molecule has 0 saturated heterocycles. The summed E-state index contributed by atoms with van der Waals surface area (Å²) in [6, 6.07) is 17.8. The number of amides is 2. The number of nitrogens with zero attached hydrogens (tertiary/aromatic N) is 1. The van der Waals surface area contributed by atoms with Gasteiger partial charge in [-0.05, 0) is 48.9 Å². The predicted molar refractivity (Wildman–Crippen MR) is 140 cm³/mol. The van der Waals surface area contributed by atoms with E-state index >= 15 is 0 Å². The van der Waals surface area contributed by atoms with Gasteiger partial charge in [-0.25, -0.2) is 5.43 Å². The third kappa shape index (κ3) is 7.99. The number of aromatic hydroxyl groups is 1. The minimum absolute atomic E-state index is 0.00664. The van der Waals surface area contributed by atoms with Gasteiger partial charge >= 0.3 is 0 Å². The molecule has 0 heterocycles. The van der Waals surface area contributed by atoms with Crippen LogP contribution < -0.4 is 15.5 Å². The Hall–Kier alpha value is -3.07. The van der Waals surface area contributed by atoms with Crippen molar-refractivity contribution in [3.8, 4) is 11.5 Å². The second-order valence-corrected chi connectivity index (χ2v) is 9.28. The molecule has 3 aromatic rings. The van der Waals surface area contributed by atoms with Crippen LogP contribution >= 0.6 is 39.1 Å². The molecular formula is C25H22BrCl2N3O4. The molecular weight excluding hydrogens is 557 g/mol. The molecule has 35 heavy (non-hydrogen) atoms. The van der Waals surface area contributed by atoms with Crippen LogP contribution in [0.3, 0.4) is 0 Å². The summed E-state index contributed by atoms with van der Waals surface area (Å²) in [6.45, 7) is 1.55. The van der Waals surface area contributed by atoms with Crippen LogP contribution in [0.5, 0.6) is 11.5 Å². The molecule has 0 aliphatic heterocycles. The molecule has 0 radical (unpaired) electrons. The van der Waals surface area contributed by atoms with Gasteiger partial charge in [0.15, 0.2) is 6.10 Å². The minimum Gasteiger partial charge on any atom is -0.507 e. The summed E-state index contributed by atoms with van der Waals surface area (Å²) in [5, 5.41) is 17.3. The lowest BCUT2D eigenvalue weighted by atomic mass is 10.1. The highest BCUT2D eigenvalue weighted by atomic mass is 79.9. The molecule has 7 nitrogen and oxygen atoms in total. The zero-order valence-corrected chi connectivity index (χ0v) is 21.6. The fourth-order valence-corrected chi connectivity index (χ4v) is 3.87. The number of nitrogens with one attached hydrogen (secondary N) is 2. The first kappa shape index (κ1) is 26.5. The standard InChI is InChI=1S/C25H22BrCl2N3O4/c1-15(35-23-10-8-19(27)13-20(23)28)24(33)30-21(11-16-5-3-2-4-6-16)25(34)31-29-14-17-12-18(26)7-9-22(17)32/h2-10,12-15,21,32H,11H2,1H3,(H,30,33)(H,31,34)/b29-14-/t15-,21+/m0/s1. The van der Waals surface area contributed by atoms with Crippen molar-refractivity contribution in [1.29, 1.82) is 0 Å². The first-order valence-electron chi connectivity index (χ1n) is 10.5. The Morgan fingerprint density at radius 3 is 2.54 bits per heavy atom. The highest BCUT2D eigenvalue weighted by Crippen LogP contribution is 2.28. The molecule has 0 fully saturated rings.